The third-order valence-corrected chi connectivity index (χ3v) is 5.36. The summed E-state index contributed by atoms with van der Waals surface area (Å²) in [6.45, 7) is 8.33. The molecule has 0 radical (unpaired) electrons. The Hall–Kier alpha value is -1.43. The summed E-state index contributed by atoms with van der Waals surface area (Å²) in [5, 5.41) is 3.90. The summed E-state index contributed by atoms with van der Waals surface area (Å²) in [6, 6.07) is -0.0207. The first-order chi connectivity index (χ1) is 11.7. The van der Waals surface area contributed by atoms with Gasteiger partial charge in [-0.3, -0.25) is 4.79 Å². The summed E-state index contributed by atoms with van der Waals surface area (Å²) < 4.78 is 5.35. The van der Waals surface area contributed by atoms with Gasteiger partial charge in [0.2, 0.25) is 11.8 Å². The van der Waals surface area contributed by atoms with E-state index in [1.807, 2.05) is 11.8 Å². The van der Waals surface area contributed by atoms with E-state index in [1.54, 1.807) is 0 Å². The average molecular weight is 334 g/mol. The van der Waals surface area contributed by atoms with Crippen LogP contribution in [0.2, 0.25) is 0 Å². The van der Waals surface area contributed by atoms with E-state index in [9.17, 15) is 4.79 Å². The van der Waals surface area contributed by atoms with Gasteiger partial charge >= 0.3 is 0 Å². The van der Waals surface area contributed by atoms with Gasteiger partial charge < -0.3 is 14.3 Å². The van der Waals surface area contributed by atoms with Crippen molar-refractivity contribution in [1.82, 2.24) is 19.9 Å². The topological polar surface area (TPSA) is 62.5 Å². The number of aryl methyl sites for hydroxylation is 1. The molecule has 3 heterocycles. The van der Waals surface area contributed by atoms with Gasteiger partial charge in [-0.2, -0.15) is 4.98 Å². The van der Waals surface area contributed by atoms with E-state index in [-0.39, 0.29) is 11.9 Å². The monoisotopic (exact) mass is 334 g/mol. The van der Waals surface area contributed by atoms with Gasteiger partial charge in [0.15, 0.2) is 5.82 Å². The molecule has 1 amide bonds. The van der Waals surface area contributed by atoms with Crippen LogP contribution in [-0.4, -0.2) is 52.0 Å². The minimum atomic E-state index is -0.0207. The van der Waals surface area contributed by atoms with Crippen LogP contribution in [-0.2, 0) is 4.79 Å². The lowest BCUT2D eigenvalue weighted by Crippen LogP contribution is -2.41. The zero-order valence-corrected chi connectivity index (χ0v) is 15.0. The quantitative estimate of drug-likeness (QED) is 0.828. The molecule has 0 saturated carbocycles. The van der Waals surface area contributed by atoms with Crippen molar-refractivity contribution >= 4 is 5.91 Å². The highest BCUT2D eigenvalue weighted by Crippen LogP contribution is 2.32. The first-order valence-electron chi connectivity index (χ1n) is 9.49. The number of amides is 1. The lowest BCUT2D eigenvalue weighted by molar-refractivity contribution is -0.137. The number of likely N-dealkylation sites (tertiary alicyclic amines) is 2. The van der Waals surface area contributed by atoms with Crippen LogP contribution in [0.4, 0.5) is 0 Å². The third kappa shape index (κ3) is 4.15. The molecule has 1 aromatic heterocycles. The van der Waals surface area contributed by atoms with Crippen LogP contribution in [0.3, 0.4) is 0 Å². The van der Waals surface area contributed by atoms with Crippen LogP contribution in [0, 0.1) is 12.8 Å². The van der Waals surface area contributed by atoms with Gasteiger partial charge in [0.25, 0.3) is 0 Å². The largest absolute Gasteiger partial charge is 0.337 e. The second kappa shape index (κ2) is 8.10. The molecule has 1 atom stereocenters. The molecule has 2 saturated heterocycles. The van der Waals surface area contributed by atoms with Crippen molar-refractivity contribution in [3.05, 3.63) is 11.7 Å². The van der Waals surface area contributed by atoms with Crippen molar-refractivity contribution in [3.63, 3.8) is 0 Å². The van der Waals surface area contributed by atoms with E-state index in [1.165, 1.54) is 13.0 Å². The molecule has 2 aliphatic rings. The normalized spacial score (nSPS) is 23.6. The highest BCUT2D eigenvalue weighted by molar-refractivity contribution is 5.77. The Kier molecular flexibility index (Phi) is 5.87. The van der Waals surface area contributed by atoms with Crippen LogP contribution in [0.1, 0.15) is 69.6 Å². The van der Waals surface area contributed by atoms with Crippen LogP contribution in [0.5, 0.6) is 0 Å². The molecule has 3 rings (SSSR count). The summed E-state index contributed by atoms with van der Waals surface area (Å²) in [5.74, 6) is 2.05. The Morgan fingerprint density at radius 1 is 1.21 bits per heavy atom. The summed E-state index contributed by atoms with van der Waals surface area (Å²) in [7, 11) is 0. The number of nitrogens with zero attached hydrogens (tertiary/aromatic N) is 4. The predicted octanol–water partition coefficient (Wildman–Crippen LogP) is 2.94. The maximum Gasteiger partial charge on any atom is 0.249 e. The molecule has 0 bridgehead atoms. The van der Waals surface area contributed by atoms with Crippen LogP contribution >= 0.6 is 0 Å². The number of aromatic nitrogens is 2. The van der Waals surface area contributed by atoms with Gasteiger partial charge in [-0.05, 0) is 71.0 Å². The highest BCUT2D eigenvalue weighted by atomic mass is 16.5. The molecule has 6 nitrogen and oxygen atoms in total. The van der Waals surface area contributed by atoms with Gasteiger partial charge in [0.05, 0.1) is 0 Å². The second-order valence-corrected chi connectivity index (χ2v) is 7.27. The molecule has 134 valence electrons. The zero-order chi connectivity index (χ0) is 16.9. The van der Waals surface area contributed by atoms with E-state index in [0.29, 0.717) is 24.1 Å². The minimum Gasteiger partial charge on any atom is -0.337 e. The number of carbonyl (C=O) groups is 1. The van der Waals surface area contributed by atoms with Crippen molar-refractivity contribution in [2.24, 2.45) is 5.92 Å². The predicted molar refractivity (Wildman–Crippen MR) is 91.4 cm³/mol. The number of piperidine rings is 2. The van der Waals surface area contributed by atoms with Gasteiger partial charge in [-0.15, -0.1) is 0 Å². The number of rotatable bonds is 5. The SMILES string of the molecule is CCCN1CCC(CC(=O)N2CCCC[C@H]2c2nc(C)no2)CC1. The molecule has 0 spiro atoms. The van der Waals surface area contributed by atoms with Crippen molar-refractivity contribution in [1.29, 1.82) is 0 Å². The van der Waals surface area contributed by atoms with Crippen molar-refractivity contribution < 1.29 is 9.32 Å². The summed E-state index contributed by atoms with van der Waals surface area (Å²) in [6.07, 6.45) is 7.29. The van der Waals surface area contributed by atoms with Gasteiger partial charge in [0.1, 0.15) is 6.04 Å². The van der Waals surface area contributed by atoms with Crippen molar-refractivity contribution in [3.8, 4) is 0 Å². The fraction of sp³-hybridized carbons (Fsp3) is 0.833. The second-order valence-electron chi connectivity index (χ2n) is 7.27. The van der Waals surface area contributed by atoms with E-state index in [4.69, 9.17) is 4.52 Å². The smallest absolute Gasteiger partial charge is 0.249 e. The van der Waals surface area contributed by atoms with E-state index >= 15 is 0 Å². The molecule has 2 fully saturated rings. The maximum atomic E-state index is 12.9. The molecule has 24 heavy (non-hydrogen) atoms. The summed E-state index contributed by atoms with van der Waals surface area (Å²) in [5.41, 5.74) is 0. The first-order valence-corrected chi connectivity index (χ1v) is 9.49. The summed E-state index contributed by atoms with van der Waals surface area (Å²) >= 11 is 0. The Balaban J connectivity index is 1.57. The van der Waals surface area contributed by atoms with Crippen molar-refractivity contribution in [2.75, 3.05) is 26.2 Å². The summed E-state index contributed by atoms with van der Waals surface area (Å²) in [4.78, 5) is 21.8. The van der Waals surface area contributed by atoms with Gasteiger partial charge in [-0.25, -0.2) is 0 Å². The van der Waals surface area contributed by atoms with E-state index in [0.717, 1.165) is 51.7 Å². The third-order valence-electron chi connectivity index (χ3n) is 5.36. The Bertz CT molecular complexity index is 537. The Morgan fingerprint density at radius 3 is 2.67 bits per heavy atom. The Labute approximate surface area is 144 Å². The lowest BCUT2D eigenvalue weighted by atomic mass is 9.91. The number of carbonyl (C=O) groups excluding carboxylic acids is 1. The molecule has 1 aromatic rings. The zero-order valence-electron chi connectivity index (χ0n) is 15.0. The molecule has 0 unspecified atom stereocenters. The number of hydrogen-bond acceptors (Lipinski definition) is 5. The first kappa shape index (κ1) is 17.4. The van der Waals surface area contributed by atoms with Gasteiger partial charge in [-0.1, -0.05) is 12.1 Å². The van der Waals surface area contributed by atoms with E-state index in [2.05, 4.69) is 22.0 Å². The van der Waals surface area contributed by atoms with Crippen LogP contribution in [0.25, 0.3) is 0 Å². The highest BCUT2D eigenvalue weighted by Gasteiger charge is 2.33. The maximum absolute atomic E-state index is 12.9. The number of hydrogen-bond donors (Lipinski definition) is 0. The Morgan fingerprint density at radius 2 is 2.00 bits per heavy atom. The van der Waals surface area contributed by atoms with Crippen LogP contribution in [0.15, 0.2) is 4.52 Å². The molecule has 0 aromatic carbocycles. The lowest BCUT2D eigenvalue weighted by Gasteiger charge is -2.36. The standard InChI is InChI=1S/C18H30N4O2/c1-3-9-21-11-7-15(8-12-21)13-17(23)22-10-5-4-6-16(22)18-19-14(2)20-24-18/h15-16H,3-13H2,1-2H3/t16-/m0/s1. The van der Waals surface area contributed by atoms with Crippen LogP contribution < -0.4 is 0 Å². The molecular weight excluding hydrogens is 304 g/mol. The molecular formula is C18H30N4O2. The molecule has 0 aliphatic carbocycles. The van der Waals surface area contributed by atoms with Crippen molar-refractivity contribution in [2.45, 2.75) is 64.8 Å². The fourth-order valence-electron chi connectivity index (χ4n) is 4.03. The molecule has 0 N–H and O–H groups in total. The molecule has 6 heteroatoms. The fourth-order valence-corrected chi connectivity index (χ4v) is 4.03. The average Bonchev–Trinajstić information content (AvgIpc) is 3.03. The minimum absolute atomic E-state index is 0.0207. The van der Waals surface area contributed by atoms with E-state index < -0.39 is 0 Å². The van der Waals surface area contributed by atoms with Gasteiger partial charge in [0, 0.05) is 13.0 Å². The molecule has 2 aliphatic heterocycles.